The van der Waals surface area contributed by atoms with Crippen molar-refractivity contribution in [2.45, 2.75) is 12.6 Å². The van der Waals surface area contributed by atoms with E-state index in [-0.39, 0.29) is 6.10 Å². The van der Waals surface area contributed by atoms with E-state index < -0.39 is 0 Å². The summed E-state index contributed by atoms with van der Waals surface area (Å²) in [4.78, 5) is 11.1. The zero-order chi connectivity index (χ0) is 14.8. The molecule has 1 aliphatic rings. The Labute approximate surface area is 135 Å². The molecule has 1 fully saturated rings. The van der Waals surface area contributed by atoms with Crippen LogP contribution in [0.4, 0.5) is 0 Å². The van der Waals surface area contributed by atoms with Gasteiger partial charge in [-0.05, 0) is 11.4 Å². The fourth-order valence-electron chi connectivity index (χ4n) is 2.41. The molecule has 0 radical (unpaired) electrons. The van der Waals surface area contributed by atoms with Gasteiger partial charge >= 0.3 is 0 Å². The van der Waals surface area contributed by atoms with Crippen LogP contribution in [0.15, 0.2) is 32.9 Å². The van der Waals surface area contributed by atoms with E-state index in [0.29, 0.717) is 24.9 Å². The van der Waals surface area contributed by atoms with Crippen LogP contribution in [0, 0.1) is 0 Å². The van der Waals surface area contributed by atoms with Gasteiger partial charge < -0.3 is 9.26 Å². The van der Waals surface area contributed by atoms with Crippen molar-refractivity contribution in [2.24, 2.45) is 0 Å². The van der Waals surface area contributed by atoms with Gasteiger partial charge in [-0.25, -0.2) is 4.98 Å². The summed E-state index contributed by atoms with van der Waals surface area (Å²) in [5.41, 5.74) is 1.00. The molecule has 0 saturated carbocycles. The van der Waals surface area contributed by atoms with E-state index in [2.05, 4.69) is 20.0 Å². The molecule has 1 saturated heterocycles. The molecule has 1 atom stereocenters. The smallest absolute Gasteiger partial charge is 0.241 e. The highest BCUT2D eigenvalue weighted by Gasteiger charge is 2.25. The molecule has 3 aromatic rings. The van der Waals surface area contributed by atoms with Gasteiger partial charge in [-0.15, -0.1) is 11.3 Å². The van der Waals surface area contributed by atoms with E-state index >= 15 is 0 Å². The van der Waals surface area contributed by atoms with Crippen LogP contribution in [0.3, 0.4) is 0 Å². The molecule has 3 aromatic heterocycles. The van der Waals surface area contributed by atoms with Crippen molar-refractivity contribution in [3.05, 3.63) is 39.3 Å². The third kappa shape index (κ3) is 2.95. The Kier molecular flexibility index (Phi) is 3.98. The molecule has 0 aliphatic carbocycles. The summed E-state index contributed by atoms with van der Waals surface area (Å²) in [6.07, 6.45) is 1.85. The monoisotopic (exact) mass is 334 g/mol. The summed E-state index contributed by atoms with van der Waals surface area (Å²) >= 11 is 3.25. The van der Waals surface area contributed by atoms with Crippen LogP contribution in [-0.2, 0) is 11.3 Å². The van der Waals surface area contributed by atoms with Crippen LogP contribution in [-0.4, -0.2) is 39.7 Å². The molecule has 0 aromatic carbocycles. The molecule has 0 spiro atoms. The SMILES string of the molecule is c1csc([C@@H]2CN(Cc3nc(-c4ccsc4)no3)CCO2)n1. The molecule has 4 heterocycles. The number of nitrogens with zero attached hydrogens (tertiary/aromatic N) is 4. The van der Waals surface area contributed by atoms with Crippen LogP contribution >= 0.6 is 22.7 Å². The van der Waals surface area contributed by atoms with E-state index in [4.69, 9.17) is 9.26 Å². The summed E-state index contributed by atoms with van der Waals surface area (Å²) in [6, 6.07) is 1.99. The number of hydrogen-bond donors (Lipinski definition) is 0. The Hall–Kier alpha value is -1.61. The second kappa shape index (κ2) is 6.25. The Morgan fingerprint density at radius 2 is 2.36 bits per heavy atom. The number of aromatic nitrogens is 3. The molecule has 0 unspecified atom stereocenters. The molecule has 4 rings (SSSR count). The number of thiazole rings is 1. The molecule has 0 N–H and O–H groups in total. The van der Waals surface area contributed by atoms with Crippen molar-refractivity contribution in [2.75, 3.05) is 19.7 Å². The van der Waals surface area contributed by atoms with Crippen LogP contribution in [0.5, 0.6) is 0 Å². The summed E-state index contributed by atoms with van der Waals surface area (Å²) in [5, 5.41) is 11.1. The fraction of sp³-hybridized carbons (Fsp3) is 0.357. The van der Waals surface area contributed by atoms with Gasteiger partial charge in [0.15, 0.2) is 0 Å². The molecule has 1 aliphatic heterocycles. The van der Waals surface area contributed by atoms with Crippen molar-refractivity contribution in [3.63, 3.8) is 0 Å². The highest BCUT2D eigenvalue weighted by molar-refractivity contribution is 7.09. The van der Waals surface area contributed by atoms with Gasteiger partial charge in [0.2, 0.25) is 11.7 Å². The zero-order valence-corrected chi connectivity index (χ0v) is 13.3. The summed E-state index contributed by atoms with van der Waals surface area (Å²) in [5.74, 6) is 1.29. The summed E-state index contributed by atoms with van der Waals surface area (Å²) in [7, 11) is 0. The van der Waals surface area contributed by atoms with Crippen LogP contribution in [0.1, 0.15) is 17.0 Å². The van der Waals surface area contributed by atoms with Gasteiger partial charge in [-0.3, -0.25) is 4.90 Å². The first kappa shape index (κ1) is 14.0. The standard InChI is InChI=1S/C14H14N4O2S2/c1-5-21-9-10(1)13-16-12(20-17-13)8-18-3-4-19-11(7-18)14-15-2-6-22-14/h1-2,5-6,9,11H,3-4,7-8H2/t11-/m0/s1. The maximum absolute atomic E-state index is 5.80. The van der Waals surface area contributed by atoms with Crippen molar-refractivity contribution in [3.8, 4) is 11.4 Å². The topological polar surface area (TPSA) is 64.3 Å². The molecular formula is C14H14N4O2S2. The molecule has 0 bridgehead atoms. The average molecular weight is 334 g/mol. The van der Waals surface area contributed by atoms with Gasteiger partial charge in [0, 0.05) is 35.6 Å². The highest BCUT2D eigenvalue weighted by atomic mass is 32.1. The minimum Gasteiger partial charge on any atom is -0.368 e. The number of hydrogen-bond acceptors (Lipinski definition) is 8. The molecule has 8 heteroatoms. The Bertz CT molecular complexity index is 711. The highest BCUT2D eigenvalue weighted by Crippen LogP contribution is 2.25. The second-order valence-electron chi connectivity index (χ2n) is 4.99. The van der Waals surface area contributed by atoms with Crippen LogP contribution < -0.4 is 0 Å². The number of morpholine rings is 1. The van der Waals surface area contributed by atoms with Gasteiger partial charge in [-0.1, -0.05) is 5.16 Å². The lowest BCUT2D eigenvalue weighted by molar-refractivity contribution is -0.0356. The van der Waals surface area contributed by atoms with E-state index in [1.165, 1.54) is 0 Å². The summed E-state index contributed by atoms with van der Waals surface area (Å²) in [6.45, 7) is 2.99. The Balaban J connectivity index is 1.43. The van der Waals surface area contributed by atoms with Crippen molar-refractivity contribution in [1.82, 2.24) is 20.0 Å². The predicted molar refractivity (Wildman–Crippen MR) is 83.7 cm³/mol. The molecule has 0 amide bonds. The first-order valence-corrected chi connectivity index (χ1v) is 8.79. The maximum Gasteiger partial charge on any atom is 0.241 e. The van der Waals surface area contributed by atoms with Gasteiger partial charge in [0.1, 0.15) is 11.1 Å². The van der Waals surface area contributed by atoms with E-state index in [1.54, 1.807) is 22.7 Å². The lowest BCUT2D eigenvalue weighted by atomic mass is 10.3. The minimum atomic E-state index is 0.0352. The zero-order valence-electron chi connectivity index (χ0n) is 11.7. The summed E-state index contributed by atoms with van der Waals surface area (Å²) < 4.78 is 11.2. The second-order valence-corrected chi connectivity index (χ2v) is 6.69. The molecule has 6 nitrogen and oxygen atoms in total. The van der Waals surface area contributed by atoms with Gasteiger partial charge in [0.05, 0.1) is 13.2 Å². The molecular weight excluding hydrogens is 320 g/mol. The van der Waals surface area contributed by atoms with E-state index in [1.807, 2.05) is 28.4 Å². The van der Waals surface area contributed by atoms with Crippen LogP contribution in [0.25, 0.3) is 11.4 Å². The number of thiophene rings is 1. The van der Waals surface area contributed by atoms with Gasteiger partial charge in [-0.2, -0.15) is 16.3 Å². The quantitative estimate of drug-likeness (QED) is 0.731. The minimum absolute atomic E-state index is 0.0352. The number of ether oxygens (including phenoxy) is 1. The van der Waals surface area contributed by atoms with Crippen molar-refractivity contribution < 1.29 is 9.26 Å². The van der Waals surface area contributed by atoms with E-state index in [0.717, 1.165) is 23.7 Å². The van der Waals surface area contributed by atoms with E-state index in [9.17, 15) is 0 Å². The third-order valence-electron chi connectivity index (χ3n) is 3.48. The first-order valence-electron chi connectivity index (χ1n) is 6.97. The average Bonchev–Trinajstić information content (AvgIpc) is 3.29. The lowest BCUT2D eigenvalue weighted by Gasteiger charge is -2.30. The fourth-order valence-corrected chi connectivity index (χ4v) is 3.72. The maximum atomic E-state index is 5.80. The molecule has 22 heavy (non-hydrogen) atoms. The first-order chi connectivity index (χ1) is 10.9. The lowest BCUT2D eigenvalue weighted by Crippen LogP contribution is -2.37. The van der Waals surface area contributed by atoms with Crippen molar-refractivity contribution in [1.29, 1.82) is 0 Å². The van der Waals surface area contributed by atoms with Crippen molar-refractivity contribution >= 4 is 22.7 Å². The van der Waals surface area contributed by atoms with Gasteiger partial charge in [0.25, 0.3) is 0 Å². The Morgan fingerprint density at radius 3 is 3.18 bits per heavy atom. The Morgan fingerprint density at radius 1 is 1.36 bits per heavy atom. The predicted octanol–water partition coefficient (Wildman–Crippen LogP) is 2.83. The largest absolute Gasteiger partial charge is 0.368 e. The number of rotatable bonds is 4. The molecule has 114 valence electrons. The van der Waals surface area contributed by atoms with Crippen LogP contribution in [0.2, 0.25) is 0 Å². The third-order valence-corrected chi connectivity index (χ3v) is 5.03. The normalized spacial score (nSPS) is 19.5.